The van der Waals surface area contributed by atoms with Crippen LogP contribution in [0.25, 0.3) is 11.5 Å². The van der Waals surface area contributed by atoms with Crippen LogP contribution < -0.4 is 5.32 Å². The summed E-state index contributed by atoms with van der Waals surface area (Å²) >= 11 is 0. The van der Waals surface area contributed by atoms with Crippen molar-refractivity contribution in [1.82, 2.24) is 15.5 Å². The molecule has 7 heteroatoms. The summed E-state index contributed by atoms with van der Waals surface area (Å²) in [4.78, 5) is 12.0. The predicted molar refractivity (Wildman–Crippen MR) is 117 cm³/mol. The molecular weight excluding hydrogens is 397 g/mol. The van der Waals surface area contributed by atoms with Crippen molar-refractivity contribution in [2.45, 2.75) is 40.0 Å². The van der Waals surface area contributed by atoms with Crippen molar-refractivity contribution >= 4 is 5.91 Å². The summed E-state index contributed by atoms with van der Waals surface area (Å²) in [6, 6.07) is 6.40. The zero-order valence-corrected chi connectivity index (χ0v) is 18.7. The molecule has 0 fully saturated rings. The van der Waals surface area contributed by atoms with E-state index in [-0.39, 0.29) is 23.5 Å². The smallest absolute Gasteiger partial charge is 0.250 e. The van der Waals surface area contributed by atoms with Gasteiger partial charge in [-0.05, 0) is 49.1 Å². The number of carbonyl (C=O) groups excluding carboxylic acids is 1. The van der Waals surface area contributed by atoms with Gasteiger partial charge in [0.25, 0.3) is 5.89 Å². The second kappa shape index (κ2) is 10.7. The summed E-state index contributed by atoms with van der Waals surface area (Å²) < 4.78 is 24.8. The lowest BCUT2D eigenvalue weighted by Gasteiger charge is -2.37. The van der Waals surface area contributed by atoms with Gasteiger partial charge in [-0.1, -0.05) is 37.6 Å². The number of halogens is 1. The molecule has 0 saturated heterocycles. The van der Waals surface area contributed by atoms with Gasteiger partial charge < -0.3 is 14.5 Å². The topological polar surface area (TPSA) is 77.2 Å². The number of nitrogens with zero attached hydrogens (tertiary/aromatic N) is 2. The first-order chi connectivity index (χ1) is 14.9. The molecule has 1 aliphatic carbocycles. The standard InChI is InChI=1S/C24H32FN3O3/c1-15(2)20-12-17(16(3)11-18(20)14-26-22(29)9-10-30-4)13-23-27-28-24(31-23)19-7-5-6-8-21(19)25/h5-8,11,15,17-18,20H,9-10,12-14H2,1-4H3,(H,26,29)/t17-,18-,20-/m0/s1. The molecule has 3 atom stereocenters. The molecule has 0 unspecified atom stereocenters. The number of amides is 1. The number of allylic oxidation sites excluding steroid dienone is 1. The van der Waals surface area contributed by atoms with Crippen LogP contribution in [0.1, 0.15) is 39.5 Å². The fraction of sp³-hybridized carbons (Fsp3) is 0.542. The van der Waals surface area contributed by atoms with E-state index in [1.165, 1.54) is 11.6 Å². The Morgan fingerprint density at radius 3 is 2.81 bits per heavy atom. The predicted octanol–water partition coefficient (Wildman–Crippen LogP) is 4.43. The molecule has 3 rings (SSSR count). The van der Waals surface area contributed by atoms with Gasteiger partial charge in [-0.3, -0.25) is 4.79 Å². The molecule has 1 N–H and O–H groups in total. The van der Waals surface area contributed by atoms with Crippen molar-refractivity contribution in [1.29, 1.82) is 0 Å². The summed E-state index contributed by atoms with van der Waals surface area (Å²) in [5, 5.41) is 11.3. The Kier molecular flexibility index (Phi) is 7.96. The van der Waals surface area contributed by atoms with E-state index >= 15 is 0 Å². The highest BCUT2D eigenvalue weighted by molar-refractivity contribution is 5.75. The highest BCUT2D eigenvalue weighted by Crippen LogP contribution is 2.38. The molecule has 31 heavy (non-hydrogen) atoms. The fourth-order valence-corrected chi connectivity index (χ4v) is 4.31. The van der Waals surface area contributed by atoms with Crippen LogP contribution in [0.3, 0.4) is 0 Å². The summed E-state index contributed by atoms with van der Waals surface area (Å²) in [6.07, 6.45) is 4.27. The third-order valence-electron chi connectivity index (χ3n) is 6.14. The van der Waals surface area contributed by atoms with E-state index in [2.05, 4.69) is 42.4 Å². The average Bonchev–Trinajstić information content (AvgIpc) is 3.20. The number of nitrogens with one attached hydrogen (secondary N) is 1. The van der Waals surface area contributed by atoms with Crippen molar-refractivity contribution in [3.8, 4) is 11.5 Å². The van der Waals surface area contributed by atoms with E-state index in [9.17, 15) is 9.18 Å². The summed E-state index contributed by atoms with van der Waals surface area (Å²) in [5.74, 6) is 1.86. The number of hydrogen-bond acceptors (Lipinski definition) is 5. The first-order valence-corrected chi connectivity index (χ1v) is 10.9. The average molecular weight is 430 g/mol. The Hall–Kier alpha value is -2.54. The third kappa shape index (κ3) is 6.00. The van der Waals surface area contributed by atoms with Crippen molar-refractivity contribution in [3.05, 3.63) is 47.6 Å². The number of carbonyl (C=O) groups is 1. The molecule has 0 aliphatic heterocycles. The zero-order valence-electron chi connectivity index (χ0n) is 18.7. The van der Waals surface area contributed by atoms with Gasteiger partial charge in [0.05, 0.1) is 12.2 Å². The van der Waals surface area contributed by atoms with Gasteiger partial charge in [0, 0.05) is 26.5 Å². The lowest BCUT2D eigenvalue weighted by molar-refractivity contribution is -0.122. The molecule has 168 valence electrons. The summed E-state index contributed by atoms with van der Waals surface area (Å²) in [6.45, 7) is 7.63. The van der Waals surface area contributed by atoms with Crippen LogP contribution in [0.2, 0.25) is 0 Å². The minimum atomic E-state index is -0.373. The normalized spacial score (nSPS) is 21.2. The van der Waals surface area contributed by atoms with Gasteiger partial charge in [0.1, 0.15) is 5.82 Å². The van der Waals surface area contributed by atoms with Crippen LogP contribution >= 0.6 is 0 Å². The highest BCUT2D eigenvalue weighted by atomic mass is 19.1. The maximum absolute atomic E-state index is 14.0. The summed E-state index contributed by atoms with van der Waals surface area (Å²) in [7, 11) is 1.60. The van der Waals surface area contributed by atoms with Crippen molar-refractivity contribution in [2.75, 3.05) is 20.3 Å². The molecule has 0 spiro atoms. The molecule has 0 bridgehead atoms. The van der Waals surface area contributed by atoms with Gasteiger partial charge in [-0.2, -0.15) is 0 Å². The Morgan fingerprint density at radius 1 is 1.32 bits per heavy atom. The molecule has 1 aromatic carbocycles. The number of aromatic nitrogens is 2. The van der Waals surface area contributed by atoms with Crippen LogP contribution in [-0.2, 0) is 16.0 Å². The molecule has 1 aliphatic rings. The molecular formula is C24H32FN3O3. The van der Waals surface area contributed by atoms with Crippen molar-refractivity contribution < 1.29 is 18.3 Å². The lowest BCUT2D eigenvalue weighted by atomic mass is 9.70. The fourth-order valence-electron chi connectivity index (χ4n) is 4.31. The first-order valence-electron chi connectivity index (χ1n) is 10.9. The first kappa shape index (κ1) is 23.1. The number of benzene rings is 1. The van der Waals surface area contributed by atoms with E-state index < -0.39 is 0 Å². The molecule has 2 aromatic rings. The van der Waals surface area contributed by atoms with Crippen LogP contribution in [0.5, 0.6) is 0 Å². The molecule has 1 aromatic heterocycles. The quantitative estimate of drug-likeness (QED) is 0.597. The van der Waals surface area contributed by atoms with Crippen LogP contribution in [0.4, 0.5) is 4.39 Å². The minimum Gasteiger partial charge on any atom is -0.421 e. The molecule has 6 nitrogen and oxygen atoms in total. The van der Waals surface area contributed by atoms with E-state index in [1.54, 1.807) is 25.3 Å². The number of hydrogen-bond donors (Lipinski definition) is 1. The van der Waals surface area contributed by atoms with Gasteiger partial charge >= 0.3 is 0 Å². The third-order valence-corrected chi connectivity index (χ3v) is 6.14. The molecule has 0 saturated carbocycles. The van der Waals surface area contributed by atoms with Gasteiger partial charge in [0.15, 0.2) is 0 Å². The van der Waals surface area contributed by atoms with E-state index in [1.807, 2.05) is 0 Å². The highest BCUT2D eigenvalue weighted by Gasteiger charge is 2.32. The Bertz CT molecular complexity index is 909. The van der Waals surface area contributed by atoms with Gasteiger partial charge in [-0.15, -0.1) is 10.2 Å². The Balaban J connectivity index is 1.68. The monoisotopic (exact) mass is 429 g/mol. The van der Waals surface area contributed by atoms with Crippen LogP contribution in [-0.4, -0.2) is 36.4 Å². The molecule has 1 amide bonds. The lowest BCUT2D eigenvalue weighted by Crippen LogP contribution is -2.37. The second-order valence-corrected chi connectivity index (χ2v) is 8.65. The summed E-state index contributed by atoms with van der Waals surface area (Å²) in [5.41, 5.74) is 1.58. The van der Waals surface area contributed by atoms with Gasteiger partial charge in [-0.25, -0.2) is 4.39 Å². The maximum Gasteiger partial charge on any atom is 0.250 e. The number of rotatable bonds is 9. The second-order valence-electron chi connectivity index (χ2n) is 8.65. The van der Waals surface area contributed by atoms with E-state index in [0.29, 0.717) is 55.2 Å². The molecule has 0 radical (unpaired) electrons. The van der Waals surface area contributed by atoms with E-state index in [0.717, 1.165) is 6.42 Å². The van der Waals surface area contributed by atoms with E-state index in [4.69, 9.17) is 9.15 Å². The molecule has 1 heterocycles. The maximum atomic E-state index is 14.0. The van der Waals surface area contributed by atoms with Gasteiger partial charge in [0.2, 0.25) is 11.8 Å². The van der Waals surface area contributed by atoms with Crippen LogP contribution in [0.15, 0.2) is 40.3 Å². The van der Waals surface area contributed by atoms with Crippen molar-refractivity contribution in [2.24, 2.45) is 23.7 Å². The number of ether oxygens (including phenoxy) is 1. The van der Waals surface area contributed by atoms with Crippen molar-refractivity contribution in [3.63, 3.8) is 0 Å². The van der Waals surface area contributed by atoms with Crippen LogP contribution in [0, 0.1) is 29.5 Å². The Morgan fingerprint density at radius 2 is 2.10 bits per heavy atom. The SMILES string of the molecule is COCCC(=O)NC[C@@H]1C=C(C)[C@H](Cc2nnc(-c3ccccc3F)o2)C[C@H]1C(C)C. The zero-order chi connectivity index (χ0) is 22.4. The minimum absolute atomic E-state index is 0.0177. The largest absolute Gasteiger partial charge is 0.421 e. The Labute approximate surface area is 183 Å². The number of methoxy groups -OCH3 is 1.